The average molecular weight is 521 g/mol. The van der Waals surface area contributed by atoms with Crippen LogP contribution in [0.15, 0.2) is 59.5 Å². The van der Waals surface area contributed by atoms with E-state index in [2.05, 4.69) is 10.0 Å². The Morgan fingerprint density at radius 2 is 1.65 bits per heavy atom. The van der Waals surface area contributed by atoms with E-state index in [-0.39, 0.29) is 38.4 Å². The molecule has 0 radical (unpaired) electrons. The number of anilines is 2. The number of aryl methyl sites for hydroxylation is 2. The zero-order chi connectivity index (χ0) is 25.0. The summed E-state index contributed by atoms with van der Waals surface area (Å²) in [6, 6.07) is 13.6. The number of carbonyl (C=O) groups is 2. The third kappa shape index (κ3) is 5.88. The van der Waals surface area contributed by atoms with Gasteiger partial charge in [-0.2, -0.15) is 0 Å². The molecule has 0 atom stereocenters. The van der Waals surface area contributed by atoms with Gasteiger partial charge in [-0.25, -0.2) is 13.2 Å². The smallest absolute Gasteiger partial charge is 0.339 e. The zero-order valence-electron chi connectivity index (χ0n) is 18.6. The largest absolute Gasteiger partial charge is 0.462 e. The lowest BCUT2D eigenvalue weighted by Crippen LogP contribution is -2.17. The van der Waals surface area contributed by atoms with Crippen molar-refractivity contribution in [2.75, 3.05) is 16.6 Å². The van der Waals surface area contributed by atoms with Crippen molar-refractivity contribution in [3.8, 4) is 0 Å². The number of nitrogens with one attached hydrogen (secondary N) is 2. The maximum absolute atomic E-state index is 13.0. The molecule has 3 rings (SSSR count). The maximum atomic E-state index is 13.0. The minimum Gasteiger partial charge on any atom is -0.462 e. The van der Waals surface area contributed by atoms with E-state index in [1.807, 2.05) is 13.0 Å². The van der Waals surface area contributed by atoms with Crippen LogP contribution in [0.3, 0.4) is 0 Å². The minimum atomic E-state index is -4.08. The number of hydrogen-bond donors (Lipinski definition) is 2. The van der Waals surface area contributed by atoms with Gasteiger partial charge < -0.3 is 10.1 Å². The Balaban J connectivity index is 1.88. The highest BCUT2D eigenvalue weighted by atomic mass is 35.5. The van der Waals surface area contributed by atoms with Crippen molar-refractivity contribution in [2.24, 2.45) is 0 Å². The standard InChI is InChI=1S/C24H22Cl2N2O5S/c1-4-33-24(30)18-13-17(7-9-19(18)25)27-23(29)16-6-8-20(26)22(12-16)34(31,32)28-21-10-5-14(2)11-15(21)3/h5-13,28H,4H2,1-3H3,(H,27,29). The van der Waals surface area contributed by atoms with Crippen molar-refractivity contribution in [3.05, 3.63) is 86.9 Å². The lowest BCUT2D eigenvalue weighted by Gasteiger charge is -2.13. The van der Waals surface area contributed by atoms with Crippen LogP contribution in [0, 0.1) is 13.8 Å². The second-order valence-electron chi connectivity index (χ2n) is 7.44. The molecule has 0 saturated heterocycles. The molecule has 0 bridgehead atoms. The molecule has 0 heterocycles. The Kier molecular flexibility index (Phi) is 7.86. The third-order valence-electron chi connectivity index (χ3n) is 4.83. The van der Waals surface area contributed by atoms with Gasteiger partial charge in [0, 0.05) is 11.3 Å². The van der Waals surface area contributed by atoms with E-state index in [9.17, 15) is 18.0 Å². The van der Waals surface area contributed by atoms with Crippen molar-refractivity contribution in [1.82, 2.24) is 0 Å². The first-order valence-corrected chi connectivity index (χ1v) is 12.4. The summed E-state index contributed by atoms with van der Waals surface area (Å²) in [6.07, 6.45) is 0. The molecule has 0 aromatic heterocycles. The normalized spacial score (nSPS) is 11.1. The van der Waals surface area contributed by atoms with Gasteiger partial charge in [-0.15, -0.1) is 0 Å². The molecular weight excluding hydrogens is 499 g/mol. The molecule has 1 amide bonds. The van der Waals surface area contributed by atoms with Crippen LogP contribution in [0.4, 0.5) is 11.4 Å². The van der Waals surface area contributed by atoms with E-state index in [0.717, 1.165) is 11.1 Å². The quantitative estimate of drug-likeness (QED) is 0.381. The van der Waals surface area contributed by atoms with E-state index in [1.54, 1.807) is 26.0 Å². The summed E-state index contributed by atoms with van der Waals surface area (Å²) in [4.78, 5) is 24.6. The number of amides is 1. The van der Waals surface area contributed by atoms with Crippen LogP contribution >= 0.6 is 23.2 Å². The number of rotatable bonds is 7. The van der Waals surface area contributed by atoms with E-state index < -0.39 is 21.9 Å². The first kappa shape index (κ1) is 25.6. The first-order valence-electron chi connectivity index (χ1n) is 10.2. The van der Waals surface area contributed by atoms with Gasteiger partial charge in [0.25, 0.3) is 15.9 Å². The maximum Gasteiger partial charge on any atom is 0.339 e. The fourth-order valence-electron chi connectivity index (χ4n) is 3.15. The summed E-state index contributed by atoms with van der Waals surface area (Å²) in [7, 11) is -4.08. The van der Waals surface area contributed by atoms with E-state index in [4.69, 9.17) is 27.9 Å². The molecule has 178 valence electrons. The highest BCUT2D eigenvalue weighted by Gasteiger charge is 2.22. The van der Waals surface area contributed by atoms with Gasteiger partial charge in [0.1, 0.15) is 4.90 Å². The van der Waals surface area contributed by atoms with Crippen molar-refractivity contribution in [3.63, 3.8) is 0 Å². The fourth-order valence-corrected chi connectivity index (χ4v) is 5.00. The summed E-state index contributed by atoms with van der Waals surface area (Å²) in [5.41, 5.74) is 2.57. The fraction of sp³-hybridized carbons (Fsp3) is 0.167. The minimum absolute atomic E-state index is 0.0371. The van der Waals surface area contributed by atoms with Crippen LogP contribution in [0.5, 0.6) is 0 Å². The predicted molar refractivity (Wildman–Crippen MR) is 134 cm³/mol. The van der Waals surface area contributed by atoms with E-state index in [1.165, 1.54) is 36.4 Å². The third-order valence-corrected chi connectivity index (χ3v) is 7.01. The predicted octanol–water partition coefficient (Wildman–Crippen LogP) is 5.84. The molecule has 0 saturated carbocycles. The Bertz CT molecular complexity index is 1370. The van der Waals surface area contributed by atoms with E-state index >= 15 is 0 Å². The SMILES string of the molecule is CCOC(=O)c1cc(NC(=O)c2ccc(Cl)c(S(=O)(=O)Nc3ccc(C)cc3C)c2)ccc1Cl. The number of ether oxygens (including phenoxy) is 1. The lowest BCUT2D eigenvalue weighted by molar-refractivity contribution is 0.0526. The monoisotopic (exact) mass is 520 g/mol. The number of halogens is 2. The Hall–Kier alpha value is -3.07. The summed E-state index contributed by atoms with van der Waals surface area (Å²) < 4.78 is 33.5. The molecule has 3 aromatic carbocycles. The van der Waals surface area contributed by atoms with E-state index in [0.29, 0.717) is 5.69 Å². The molecule has 0 spiro atoms. The van der Waals surface area contributed by atoms with Crippen LogP contribution in [0.25, 0.3) is 0 Å². The Morgan fingerprint density at radius 1 is 0.941 bits per heavy atom. The van der Waals surface area contributed by atoms with Gasteiger partial charge >= 0.3 is 5.97 Å². The van der Waals surface area contributed by atoms with Crippen molar-refractivity contribution in [1.29, 1.82) is 0 Å². The van der Waals surface area contributed by atoms with Crippen molar-refractivity contribution in [2.45, 2.75) is 25.7 Å². The van der Waals surface area contributed by atoms with Gasteiger partial charge in [0.05, 0.1) is 27.9 Å². The number of carbonyl (C=O) groups excluding carboxylic acids is 2. The number of benzene rings is 3. The highest BCUT2D eigenvalue weighted by molar-refractivity contribution is 7.92. The number of hydrogen-bond acceptors (Lipinski definition) is 5. The molecule has 3 aromatic rings. The van der Waals surface area contributed by atoms with Crippen LogP contribution in [-0.2, 0) is 14.8 Å². The molecule has 0 aliphatic rings. The average Bonchev–Trinajstić information content (AvgIpc) is 2.77. The first-order chi connectivity index (χ1) is 16.0. The van der Waals surface area contributed by atoms with Gasteiger partial charge in [0.15, 0.2) is 0 Å². The molecule has 7 nitrogen and oxygen atoms in total. The Labute approximate surface area is 208 Å². The van der Waals surface area contributed by atoms with Crippen molar-refractivity contribution >= 4 is 56.5 Å². The van der Waals surface area contributed by atoms with Gasteiger partial charge in [-0.3, -0.25) is 9.52 Å². The summed E-state index contributed by atoms with van der Waals surface area (Å²) in [5, 5.41) is 2.76. The second kappa shape index (κ2) is 10.5. The van der Waals surface area contributed by atoms with Gasteiger partial charge in [0.2, 0.25) is 0 Å². The lowest BCUT2D eigenvalue weighted by atomic mass is 10.1. The molecule has 34 heavy (non-hydrogen) atoms. The topological polar surface area (TPSA) is 102 Å². The molecular formula is C24H22Cl2N2O5S. The summed E-state index contributed by atoms with van der Waals surface area (Å²) in [6.45, 7) is 5.52. The van der Waals surface area contributed by atoms with Crippen molar-refractivity contribution < 1.29 is 22.7 Å². The zero-order valence-corrected chi connectivity index (χ0v) is 20.9. The summed E-state index contributed by atoms with van der Waals surface area (Å²) in [5.74, 6) is -1.22. The molecule has 0 aliphatic carbocycles. The van der Waals surface area contributed by atoms with Crippen LogP contribution < -0.4 is 10.0 Å². The highest BCUT2D eigenvalue weighted by Crippen LogP contribution is 2.28. The van der Waals surface area contributed by atoms with Gasteiger partial charge in [-0.1, -0.05) is 40.9 Å². The molecule has 10 heteroatoms. The van der Waals surface area contributed by atoms with Gasteiger partial charge in [-0.05, 0) is 68.8 Å². The Morgan fingerprint density at radius 3 is 2.32 bits per heavy atom. The molecule has 2 N–H and O–H groups in total. The molecule has 0 aliphatic heterocycles. The number of esters is 1. The second-order valence-corrected chi connectivity index (χ2v) is 9.90. The van der Waals surface area contributed by atoms with Crippen LogP contribution in [0.1, 0.15) is 38.8 Å². The van der Waals surface area contributed by atoms with Crippen LogP contribution in [0.2, 0.25) is 10.0 Å². The summed E-state index contributed by atoms with van der Waals surface area (Å²) >= 11 is 12.2. The van der Waals surface area contributed by atoms with Crippen LogP contribution in [-0.4, -0.2) is 26.9 Å². The molecule has 0 unspecified atom stereocenters. The molecule has 0 fully saturated rings. The number of sulfonamides is 1.